The lowest BCUT2D eigenvalue weighted by atomic mass is 10.2. The standard InChI is InChI=1S/C15H36NO4Si.ClH/c1-6-18-21(19-7-2,20-8-3)15-11-13-16(4,5)12-9-10-14-17;/h17H,6-15H2,1-5H3;1H/q+1;/p-1. The SMILES string of the molecule is CCO[Si](CCC[N+](C)(C)CCCCO)(OCC)OCC.[Cl-]. The monoisotopic (exact) mass is 357 g/mol. The van der Waals surface area contributed by atoms with E-state index >= 15 is 0 Å². The molecule has 22 heavy (non-hydrogen) atoms. The summed E-state index contributed by atoms with van der Waals surface area (Å²) in [7, 11) is 1.99. The molecule has 7 heteroatoms. The first kappa shape index (κ1) is 24.6. The van der Waals surface area contributed by atoms with Gasteiger partial charge in [0.05, 0.1) is 27.2 Å². The van der Waals surface area contributed by atoms with Gasteiger partial charge in [-0.25, -0.2) is 0 Å². The van der Waals surface area contributed by atoms with Crippen molar-refractivity contribution in [1.82, 2.24) is 0 Å². The van der Waals surface area contributed by atoms with E-state index in [0.29, 0.717) is 19.8 Å². The van der Waals surface area contributed by atoms with E-state index in [-0.39, 0.29) is 19.0 Å². The van der Waals surface area contributed by atoms with Crippen LogP contribution in [-0.4, -0.2) is 72.0 Å². The predicted octanol–water partition coefficient (Wildman–Crippen LogP) is -0.722. The van der Waals surface area contributed by atoms with Gasteiger partial charge in [0.25, 0.3) is 0 Å². The number of quaternary nitrogens is 1. The van der Waals surface area contributed by atoms with E-state index in [4.69, 9.17) is 18.4 Å². The van der Waals surface area contributed by atoms with E-state index in [1.54, 1.807) is 0 Å². The molecular weight excluding hydrogens is 322 g/mol. The lowest BCUT2D eigenvalue weighted by molar-refractivity contribution is -0.890. The van der Waals surface area contributed by atoms with Gasteiger partial charge in [0.1, 0.15) is 0 Å². The summed E-state index contributed by atoms with van der Waals surface area (Å²) >= 11 is 0. The molecule has 0 amide bonds. The minimum Gasteiger partial charge on any atom is -1.00 e. The molecule has 0 aliphatic rings. The summed E-state index contributed by atoms with van der Waals surface area (Å²) in [4.78, 5) is 0. The summed E-state index contributed by atoms with van der Waals surface area (Å²) in [6.07, 6.45) is 2.99. The van der Waals surface area contributed by atoms with Gasteiger partial charge in [-0.3, -0.25) is 0 Å². The second kappa shape index (κ2) is 13.7. The number of hydrogen-bond donors (Lipinski definition) is 1. The normalized spacial score (nSPS) is 12.3. The summed E-state index contributed by atoms with van der Waals surface area (Å²) < 4.78 is 18.6. The number of aliphatic hydroxyl groups is 1. The van der Waals surface area contributed by atoms with Gasteiger partial charge in [0.15, 0.2) is 0 Å². The molecule has 0 fully saturated rings. The fourth-order valence-corrected chi connectivity index (χ4v) is 5.08. The Morgan fingerprint density at radius 1 is 0.818 bits per heavy atom. The van der Waals surface area contributed by atoms with Crippen molar-refractivity contribution < 1.29 is 35.3 Å². The molecule has 0 aromatic rings. The van der Waals surface area contributed by atoms with Crippen LogP contribution in [0.4, 0.5) is 0 Å². The number of hydrogen-bond acceptors (Lipinski definition) is 4. The minimum absolute atomic E-state index is 0. The van der Waals surface area contributed by atoms with Crippen molar-refractivity contribution in [1.29, 1.82) is 0 Å². The van der Waals surface area contributed by atoms with Crippen molar-refractivity contribution in [2.45, 2.75) is 46.1 Å². The highest BCUT2D eigenvalue weighted by molar-refractivity contribution is 6.60. The zero-order valence-electron chi connectivity index (χ0n) is 15.1. The van der Waals surface area contributed by atoms with Gasteiger partial charge in [0, 0.05) is 38.9 Å². The van der Waals surface area contributed by atoms with E-state index in [1.165, 1.54) is 0 Å². The van der Waals surface area contributed by atoms with Crippen molar-refractivity contribution in [2.24, 2.45) is 0 Å². The molecule has 0 aliphatic carbocycles. The summed E-state index contributed by atoms with van der Waals surface area (Å²) in [5.41, 5.74) is 0. The Morgan fingerprint density at radius 2 is 1.27 bits per heavy atom. The molecular formula is C15H36ClNO4Si. The second-order valence-corrected chi connectivity index (χ2v) is 8.63. The van der Waals surface area contributed by atoms with Crippen molar-refractivity contribution in [3.8, 4) is 0 Å². The minimum atomic E-state index is -2.48. The van der Waals surface area contributed by atoms with Crippen LogP contribution in [0.1, 0.15) is 40.0 Å². The lowest BCUT2D eigenvalue weighted by Gasteiger charge is -2.32. The molecule has 0 rings (SSSR count). The zero-order valence-corrected chi connectivity index (χ0v) is 16.8. The van der Waals surface area contributed by atoms with Crippen LogP contribution in [0.5, 0.6) is 0 Å². The van der Waals surface area contributed by atoms with Gasteiger partial charge in [-0.1, -0.05) is 0 Å². The van der Waals surface area contributed by atoms with E-state index in [9.17, 15) is 0 Å². The summed E-state index contributed by atoms with van der Waals surface area (Å²) in [6, 6.07) is 0.879. The van der Waals surface area contributed by atoms with Gasteiger partial charge in [-0.2, -0.15) is 0 Å². The molecule has 0 unspecified atom stereocenters. The Balaban J connectivity index is 0. The van der Waals surface area contributed by atoms with E-state index in [1.807, 2.05) is 20.8 Å². The van der Waals surface area contributed by atoms with Crippen LogP contribution in [-0.2, 0) is 13.3 Å². The molecule has 0 aromatic heterocycles. The highest BCUT2D eigenvalue weighted by Crippen LogP contribution is 2.19. The third-order valence-corrected chi connectivity index (χ3v) is 6.66. The molecule has 5 nitrogen and oxygen atoms in total. The van der Waals surface area contributed by atoms with Crippen LogP contribution in [0.2, 0.25) is 6.04 Å². The molecule has 0 aliphatic heterocycles. The Morgan fingerprint density at radius 3 is 1.68 bits per heavy atom. The van der Waals surface area contributed by atoms with E-state index in [0.717, 1.165) is 42.9 Å². The van der Waals surface area contributed by atoms with Crippen LogP contribution >= 0.6 is 0 Å². The van der Waals surface area contributed by atoms with Crippen molar-refractivity contribution in [3.05, 3.63) is 0 Å². The van der Waals surface area contributed by atoms with Gasteiger partial charge >= 0.3 is 8.80 Å². The number of aliphatic hydroxyl groups excluding tert-OH is 1. The van der Waals surface area contributed by atoms with Crippen LogP contribution in [0.3, 0.4) is 0 Å². The van der Waals surface area contributed by atoms with Gasteiger partial charge < -0.3 is 35.3 Å². The van der Waals surface area contributed by atoms with Gasteiger partial charge in [-0.15, -0.1) is 0 Å². The number of halogens is 1. The van der Waals surface area contributed by atoms with Crippen LogP contribution in [0.25, 0.3) is 0 Å². The molecule has 1 N–H and O–H groups in total. The van der Waals surface area contributed by atoms with Gasteiger partial charge in [-0.05, 0) is 33.6 Å². The lowest BCUT2D eigenvalue weighted by Crippen LogP contribution is -3.00. The van der Waals surface area contributed by atoms with Crippen LogP contribution < -0.4 is 12.4 Å². The van der Waals surface area contributed by atoms with Crippen molar-refractivity contribution in [3.63, 3.8) is 0 Å². The van der Waals surface area contributed by atoms with Crippen molar-refractivity contribution in [2.75, 3.05) is 53.6 Å². The predicted molar refractivity (Wildman–Crippen MR) is 88.2 cm³/mol. The molecule has 0 spiro atoms. The first-order valence-electron chi connectivity index (χ1n) is 8.30. The first-order chi connectivity index (χ1) is 9.95. The third-order valence-electron chi connectivity index (χ3n) is 3.51. The second-order valence-electron chi connectivity index (χ2n) is 5.90. The maximum atomic E-state index is 8.87. The summed E-state index contributed by atoms with van der Waals surface area (Å²) in [5.74, 6) is 0. The zero-order chi connectivity index (χ0) is 16.2. The molecule has 136 valence electrons. The molecule has 0 saturated heterocycles. The number of nitrogens with zero attached hydrogens (tertiary/aromatic N) is 1. The Hall–Kier alpha value is 0.307. The summed E-state index contributed by atoms with van der Waals surface area (Å²) in [5, 5.41) is 8.87. The average Bonchev–Trinajstić information content (AvgIpc) is 2.39. The molecule has 0 bridgehead atoms. The van der Waals surface area contributed by atoms with E-state index < -0.39 is 8.80 Å². The molecule has 0 saturated carbocycles. The van der Waals surface area contributed by atoms with Crippen LogP contribution in [0.15, 0.2) is 0 Å². The molecule has 0 aromatic carbocycles. The smallest absolute Gasteiger partial charge is 0.501 e. The molecule has 0 atom stereocenters. The molecule has 0 heterocycles. The van der Waals surface area contributed by atoms with Gasteiger partial charge in [0.2, 0.25) is 0 Å². The highest BCUT2D eigenvalue weighted by Gasteiger charge is 2.40. The highest BCUT2D eigenvalue weighted by atomic mass is 35.5. The summed E-state index contributed by atoms with van der Waals surface area (Å²) in [6.45, 7) is 10.4. The Labute approximate surface area is 144 Å². The third kappa shape index (κ3) is 10.9. The largest absolute Gasteiger partial charge is 1.00 e. The van der Waals surface area contributed by atoms with Crippen LogP contribution in [0, 0.1) is 0 Å². The Kier molecular flexibility index (Phi) is 15.3. The topological polar surface area (TPSA) is 47.9 Å². The fraction of sp³-hybridized carbons (Fsp3) is 1.00. The fourth-order valence-electron chi connectivity index (χ4n) is 2.49. The maximum Gasteiger partial charge on any atom is 0.501 e. The number of rotatable bonds is 14. The molecule has 0 radical (unpaired) electrons. The quantitative estimate of drug-likeness (QED) is 0.253. The maximum absolute atomic E-state index is 8.87. The van der Waals surface area contributed by atoms with E-state index in [2.05, 4.69) is 14.1 Å². The van der Waals surface area contributed by atoms with Crippen molar-refractivity contribution >= 4 is 8.80 Å². The number of unbranched alkanes of at least 4 members (excludes halogenated alkanes) is 1. The average molecular weight is 358 g/mol. The first-order valence-corrected chi connectivity index (χ1v) is 10.2. The Bertz CT molecular complexity index is 241.